The van der Waals surface area contributed by atoms with Crippen molar-refractivity contribution in [3.05, 3.63) is 29.8 Å². The number of nitrogens with zero attached hydrogens (tertiary/aromatic N) is 1. The molecule has 0 atom stereocenters. The lowest BCUT2D eigenvalue weighted by Crippen LogP contribution is -2.38. The molecule has 0 heterocycles. The summed E-state index contributed by atoms with van der Waals surface area (Å²) in [7, 11) is -3.45. The molecule has 2 rings (SSSR count). The topological polar surface area (TPSA) is 92.5 Å². The number of hydrogen-bond acceptors (Lipinski definition) is 4. The van der Waals surface area contributed by atoms with Crippen LogP contribution < -0.4 is 11.1 Å². The summed E-state index contributed by atoms with van der Waals surface area (Å²) in [5.74, 6) is 0.0159. The van der Waals surface area contributed by atoms with Gasteiger partial charge in [0.05, 0.1) is 4.90 Å². The fourth-order valence-corrected chi connectivity index (χ4v) is 5.31. The average molecular weight is 396 g/mol. The van der Waals surface area contributed by atoms with E-state index < -0.39 is 10.0 Å². The van der Waals surface area contributed by atoms with E-state index in [0.717, 1.165) is 31.2 Å². The molecule has 6 nitrogen and oxygen atoms in total. The van der Waals surface area contributed by atoms with Gasteiger partial charge >= 0.3 is 0 Å². The summed E-state index contributed by atoms with van der Waals surface area (Å²) in [6.45, 7) is 5.49. The van der Waals surface area contributed by atoms with E-state index in [-0.39, 0.29) is 16.2 Å². The second-order valence-corrected chi connectivity index (χ2v) is 9.39. The number of hydrogen-bond donors (Lipinski definition) is 2. The smallest absolute Gasteiger partial charge is 0.243 e. The molecule has 0 radical (unpaired) electrons. The van der Waals surface area contributed by atoms with Crippen molar-refractivity contribution in [2.24, 2.45) is 11.1 Å². The third-order valence-corrected chi connectivity index (χ3v) is 7.70. The second-order valence-electron chi connectivity index (χ2n) is 7.45. The molecule has 3 N–H and O–H groups in total. The van der Waals surface area contributed by atoms with Gasteiger partial charge in [0.2, 0.25) is 15.9 Å². The van der Waals surface area contributed by atoms with Crippen LogP contribution in [0.3, 0.4) is 0 Å². The maximum absolute atomic E-state index is 12.5. The quantitative estimate of drug-likeness (QED) is 0.672. The van der Waals surface area contributed by atoms with E-state index in [1.807, 2.05) is 13.8 Å². The van der Waals surface area contributed by atoms with Gasteiger partial charge in [-0.3, -0.25) is 4.79 Å². The third-order valence-electron chi connectivity index (χ3n) is 5.64. The van der Waals surface area contributed by atoms with Crippen molar-refractivity contribution in [2.75, 3.05) is 19.6 Å². The first-order valence-electron chi connectivity index (χ1n) is 9.93. The van der Waals surface area contributed by atoms with Crippen molar-refractivity contribution in [1.29, 1.82) is 0 Å². The van der Waals surface area contributed by atoms with Crippen LogP contribution in [0.25, 0.3) is 0 Å². The van der Waals surface area contributed by atoms with Crippen LogP contribution in [0.15, 0.2) is 29.2 Å². The zero-order valence-electron chi connectivity index (χ0n) is 16.5. The zero-order chi connectivity index (χ0) is 19.9. The number of rotatable bonds is 9. The highest BCUT2D eigenvalue weighted by atomic mass is 32.2. The molecule has 27 heavy (non-hydrogen) atoms. The Balaban J connectivity index is 1.94. The molecular formula is C20H33N3O3S. The molecule has 1 aliphatic carbocycles. The summed E-state index contributed by atoms with van der Waals surface area (Å²) in [6.07, 6.45) is 6.04. The fourth-order valence-electron chi connectivity index (χ4n) is 3.85. The molecule has 1 aromatic carbocycles. The summed E-state index contributed by atoms with van der Waals surface area (Å²) < 4.78 is 26.4. The molecule has 0 spiro atoms. The Labute approximate surface area is 163 Å². The first-order chi connectivity index (χ1) is 12.9. The van der Waals surface area contributed by atoms with Crippen LogP contribution in [0, 0.1) is 5.41 Å². The number of sulfonamides is 1. The average Bonchev–Trinajstić information content (AvgIpc) is 2.68. The normalized spacial score (nSPS) is 17.0. The van der Waals surface area contributed by atoms with Gasteiger partial charge in [-0.05, 0) is 42.5 Å². The SMILES string of the molecule is CCN(CC)S(=O)(=O)c1ccc(CNC(=O)CC2(CN)CCCCC2)cc1. The molecular weight excluding hydrogens is 362 g/mol. The van der Waals surface area contributed by atoms with Gasteiger partial charge in [0, 0.05) is 26.1 Å². The van der Waals surface area contributed by atoms with Crippen molar-refractivity contribution in [3.63, 3.8) is 0 Å². The molecule has 1 amide bonds. The highest BCUT2D eigenvalue weighted by Gasteiger charge is 2.32. The number of nitrogens with two attached hydrogens (primary N) is 1. The van der Waals surface area contributed by atoms with Crippen molar-refractivity contribution in [2.45, 2.75) is 63.8 Å². The molecule has 152 valence electrons. The minimum Gasteiger partial charge on any atom is -0.352 e. The second kappa shape index (κ2) is 9.66. The van der Waals surface area contributed by atoms with Crippen molar-refractivity contribution < 1.29 is 13.2 Å². The third kappa shape index (κ3) is 5.53. The largest absolute Gasteiger partial charge is 0.352 e. The molecule has 0 saturated heterocycles. The highest BCUT2D eigenvalue weighted by molar-refractivity contribution is 7.89. The summed E-state index contributed by atoms with van der Waals surface area (Å²) in [5.41, 5.74) is 6.79. The molecule has 0 bridgehead atoms. The van der Waals surface area contributed by atoms with E-state index >= 15 is 0 Å². The first-order valence-corrected chi connectivity index (χ1v) is 11.4. The van der Waals surface area contributed by atoms with E-state index in [0.29, 0.717) is 32.6 Å². The Bertz CT molecular complexity index is 706. The summed E-state index contributed by atoms with van der Waals surface area (Å²) in [4.78, 5) is 12.7. The maximum Gasteiger partial charge on any atom is 0.243 e. The lowest BCUT2D eigenvalue weighted by Gasteiger charge is -2.35. The minimum atomic E-state index is -3.45. The predicted octanol–water partition coefficient (Wildman–Crippen LogP) is 2.63. The maximum atomic E-state index is 12.5. The monoisotopic (exact) mass is 395 g/mol. The minimum absolute atomic E-state index is 0.0159. The fraction of sp³-hybridized carbons (Fsp3) is 0.650. The van der Waals surface area contributed by atoms with Crippen molar-refractivity contribution >= 4 is 15.9 Å². The summed E-state index contributed by atoms with van der Waals surface area (Å²) in [5, 5.41) is 2.95. The van der Waals surface area contributed by atoms with Gasteiger partial charge in [-0.25, -0.2) is 8.42 Å². The Kier molecular flexibility index (Phi) is 7.82. The molecule has 0 aromatic heterocycles. The standard InChI is InChI=1S/C20H33N3O3S/c1-3-23(4-2)27(25,26)18-10-8-17(9-11-18)15-22-19(24)14-20(16-21)12-6-5-7-13-20/h8-11H,3-7,12-16,21H2,1-2H3,(H,22,24). The Morgan fingerprint density at radius 2 is 1.70 bits per heavy atom. The summed E-state index contributed by atoms with van der Waals surface area (Å²) in [6, 6.07) is 6.74. The van der Waals surface area contributed by atoms with Crippen LogP contribution in [0.2, 0.25) is 0 Å². The van der Waals surface area contributed by atoms with Gasteiger partial charge in [0.25, 0.3) is 0 Å². The highest BCUT2D eigenvalue weighted by Crippen LogP contribution is 2.38. The van der Waals surface area contributed by atoms with Gasteiger partial charge in [-0.1, -0.05) is 45.2 Å². The van der Waals surface area contributed by atoms with Crippen LogP contribution in [0.1, 0.15) is 57.9 Å². The van der Waals surface area contributed by atoms with E-state index in [1.54, 1.807) is 24.3 Å². The van der Waals surface area contributed by atoms with Gasteiger partial charge in [0.15, 0.2) is 0 Å². The molecule has 1 aromatic rings. The van der Waals surface area contributed by atoms with Gasteiger partial charge in [0.1, 0.15) is 0 Å². The predicted molar refractivity (Wildman–Crippen MR) is 108 cm³/mol. The van der Waals surface area contributed by atoms with Crippen LogP contribution in [0.4, 0.5) is 0 Å². The molecule has 1 saturated carbocycles. The zero-order valence-corrected chi connectivity index (χ0v) is 17.4. The lowest BCUT2D eigenvalue weighted by atomic mass is 9.71. The molecule has 1 fully saturated rings. The van der Waals surface area contributed by atoms with Gasteiger partial charge in [-0.2, -0.15) is 4.31 Å². The Hall–Kier alpha value is -1.44. The van der Waals surface area contributed by atoms with E-state index in [9.17, 15) is 13.2 Å². The van der Waals surface area contributed by atoms with E-state index in [4.69, 9.17) is 5.73 Å². The number of carbonyl (C=O) groups is 1. The van der Waals surface area contributed by atoms with Crippen LogP contribution in [0.5, 0.6) is 0 Å². The van der Waals surface area contributed by atoms with Crippen LogP contribution in [-0.4, -0.2) is 38.3 Å². The number of benzene rings is 1. The number of carbonyl (C=O) groups excluding carboxylic acids is 1. The first kappa shape index (κ1) is 21.9. The molecule has 1 aliphatic rings. The van der Waals surface area contributed by atoms with Gasteiger partial charge in [-0.15, -0.1) is 0 Å². The number of nitrogens with one attached hydrogen (secondary N) is 1. The van der Waals surface area contributed by atoms with Crippen molar-refractivity contribution in [3.8, 4) is 0 Å². The molecule has 7 heteroatoms. The van der Waals surface area contributed by atoms with Crippen molar-refractivity contribution in [1.82, 2.24) is 9.62 Å². The van der Waals surface area contributed by atoms with Crippen LogP contribution in [-0.2, 0) is 21.4 Å². The molecule has 0 unspecified atom stereocenters. The number of amides is 1. The molecule has 0 aliphatic heterocycles. The van der Waals surface area contributed by atoms with E-state index in [1.165, 1.54) is 10.7 Å². The Morgan fingerprint density at radius 1 is 1.11 bits per heavy atom. The van der Waals surface area contributed by atoms with Crippen LogP contribution >= 0.6 is 0 Å². The summed E-state index contributed by atoms with van der Waals surface area (Å²) >= 11 is 0. The van der Waals surface area contributed by atoms with Gasteiger partial charge < -0.3 is 11.1 Å². The lowest BCUT2D eigenvalue weighted by molar-refractivity contribution is -0.124. The van der Waals surface area contributed by atoms with E-state index in [2.05, 4.69) is 5.32 Å². The Morgan fingerprint density at radius 3 is 2.22 bits per heavy atom.